The SMILES string of the molecule is Cc1c(Br)cccc1C(=O)N(C)Cc1ccccc1O. The number of nitrogens with zero attached hydrogens (tertiary/aromatic N) is 1. The Morgan fingerprint density at radius 2 is 1.90 bits per heavy atom. The molecule has 2 aromatic rings. The summed E-state index contributed by atoms with van der Waals surface area (Å²) < 4.78 is 0.916. The smallest absolute Gasteiger partial charge is 0.254 e. The molecule has 0 aromatic heterocycles. The van der Waals surface area contributed by atoms with Crippen molar-refractivity contribution >= 4 is 21.8 Å². The van der Waals surface area contributed by atoms with Crippen molar-refractivity contribution in [2.24, 2.45) is 0 Å². The van der Waals surface area contributed by atoms with Crippen LogP contribution in [-0.4, -0.2) is 23.0 Å². The Hall–Kier alpha value is -1.81. The van der Waals surface area contributed by atoms with Crippen molar-refractivity contribution in [1.29, 1.82) is 0 Å². The number of carbonyl (C=O) groups excluding carboxylic acids is 1. The molecular weight excluding hydrogens is 318 g/mol. The number of phenolic OH excluding ortho intramolecular Hbond substituents is 1. The van der Waals surface area contributed by atoms with Gasteiger partial charge >= 0.3 is 0 Å². The predicted molar refractivity (Wildman–Crippen MR) is 82.8 cm³/mol. The summed E-state index contributed by atoms with van der Waals surface area (Å²) in [5.41, 5.74) is 2.31. The first-order valence-corrected chi connectivity index (χ1v) is 7.07. The van der Waals surface area contributed by atoms with Crippen molar-refractivity contribution < 1.29 is 9.90 Å². The molecule has 20 heavy (non-hydrogen) atoms. The third-order valence-corrected chi connectivity index (χ3v) is 4.10. The minimum Gasteiger partial charge on any atom is -0.508 e. The summed E-state index contributed by atoms with van der Waals surface area (Å²) in [6.07, 6.45) is 0. The summed E-state index contributed by atoms with van der Waals surface area (Å²) in [4.78, 5) is 14.1. The molecule has 104 valence electrons. The summed E-state index contributed by atoms with van der Waals surface area (Å²) in [7, 11) is 1.73. The molecule has 0 atom stereocenters. The summed E-state index contributed by atoms with van der Waals surface area (Å²) >= 11 is 3.43. The molecule has 0 aliphatic rings. The number of amides is 1. The van der Waals surface area contributed by atoms with Crippen molar-refractivity contribution in [2.75, 3.05) is 7.05 Å². The van der Waals surface area contributed by atoms with Gasteiger partial charge in [0.15, 0.2) is 0 Å². The molecule has 0 saturated heterocycles. The molecule has 2 rings (SSSR count). The van der Waals surface area contributed by atoms with E-state index >= 15 is 0 Å². The Bertz CT molecular complexity index is 640. The zero-order valence-corrected chi connectivity index (χ0v) is 13.0. The Morgan fingerprint density at radius 1 is 1.20 bits per heavy atom. The second-order valence-electron chi connectivity index (χ2n) is 4.70. The van der Waals surface area contributed by atoms with Gasteiger partial charge in [0.05, 0.1) is 0 Å². The van der Waals surface area contributed by atoms with Crippen LogP contribution >= 0.6 is 15.9 Å². The van der Waals surface area contributed by atoms with Gasteiger partial charge in [-0.3, -0.25) is 4.79 Å². The highest BCUT2D eigenvalue weighted by atomic mass is 79.9. The Morgan fingerprint density at radius 3 is 2.60 bits per heavy atom. The molecule has 0 fully saturated rings. The van der Waals surface area contributed by atoms with Crippen LogP contribution in [0.3, 0.4) is 0 Å². The van der Waals surface area contributed by atoms with Crippen LogP contribution in [0.15, 0.2) is 46.9 Å². The maximum absolute atomic E-state index is 12.5. The number of carbonyl (C=O) groups is 1. The first-order valence-electron chi connectivity index (χ1n) is 6.28. The van der Waals surface area contributed by atoms with Gasteiger partial charge < -0.3 is 10.0 Å². The molecular formula is C16H16BrNO2. The van der Waals surface area contributed by atoms with Gasteiger partial charge in [-0.2, -0.15) is 0 Å². The number of aromatic hydroxyl groups is 1. The van der Waals surface area contributed by atoms with Gasteiger partial charge in [-0.05, 0) is 30.7 Å². The second-order valence-corrected chi connectivity index (χ2v) is 5.56. The monoisotopic (exact) mass is 333 g/mol. The molecule has 0 aliphatic carbocycles. The highest BCUT2D eigenvalue weighted by Gasteiger charge is 2.16. The first kappa shape index (κ1) is 14.6. The van der Waals surface area contributed by atoms with E-state index in [4.69, 9.17) is 0 Å². The standard InChI is InChI=1S/C16H16BrNO2/c1-11-13(7-5-8-14(11)17)16(20)18(2)10-12-6-3-4-9-15(12)19/h3-9,19H,10H2,1-2H3. The largest absolute Gasteiger partial charge is 0.508 e. The van der Waals surface area contributed by atoms with Crippen LogP contribution < -0.4 is 0 Å². The number of hydrogen-bond acceptors (Lipinski definition) is 2. The zero-order chi connectivity index (χ0) is 14.7. The average molecular weight is 334 g/mol. The van der Waals surface area contributed by atoms with E-state index in [1.54, 1.807) is 24.1 Å². The quantitative estimate of drug-likeness (QED) is 0.929. The summed E-state index contributed by atoms with van der Waals surface area (Å²) in [6.45, 7) is 2.28. The molecule has 1 amide bonds. The fourth-order valence-electron chi connectivity index (χ4n) is 2.02. The predicted octanol–water partition coefficient (Wildman–Crippen LogP) is 3.74. The summed E-state index contributed by atoms with van der Waals surface area (Å²) in [5.74, 6) is 0.144. The third kappa shape index (κ3) is 3.02. The molecule has 1 N–H and O–H groups in total. The Balaban J connectivity index is 2.21. The van der Waals surface area contributed by atoms with Crippen molar-refractivity contribution in [3.05, 3.63) is 63.6 Å². The molecule has 0 unspecified atom stereocenters. The van der Waals surface area contributed by atoms with Gasteiger partial charge in [-0.15, -0.1) is 0 Å². The van der Waals surface area contributed by atoms with Gasteiger partial charge in [-0.25, -0.2) is 0 Å². The number of benzene rings is 2. The van der Waals surface area contributed by atoms with Gasteiger partial charge in [0, 0.05) is 29.2 Å². The maximum Gasteiger partial charge on any atom is 0.254 e. The fraction of sp³-hybridized carbons (Fsp3) is 0.188. The maximum atomic E-state index is 12.5. The van der Waals surface area contributed by atoms with E-state index in [1.807, 2.05) is 37.3 Å². The number of hydrogen-bond donors (Lipinski definition) is 1. The van der Waals surface area contributed by atoms with E-state index in [9.17, 15) is 9.90 Å². The highest BCUT2D eigenvalue weighted by Crippen LogP contribution is 2.22. The number of rotatable bonds is 3. The Kier molecular flexibility index (Phi) is 4.45. The molecule has 3 nitrogen and oxygen atoms in total. The fourth-order valence-corrected chi connectivity index (χ4v) is 2.38. The molecule has 2 aromatic carbocycles. The van der Waals surface area contributed by atoms with Crippen molar-refractivity contribution in [1.82, 2.24) is 4.90 Å². The minimum atomic E-state index is -0.0629. The summed E-state index contributed by atoms with van der Waals surface area (Å²) in [5, 5.41) is 9.76. The normalized spacial score (nSPS) is 10.3. The van der Waals surface area contributed by atoms with Crippen LogP contribution in [0.4, 0.5) is 0 Å². The van der Waals surface area contributed by atoms with Crippen LogP contribution in [0.5, 0.6) is 5.75 Å². The van der Waals surface area contributed by atoms with Crippen LogP contribution in [0, 0.1) is 6.92 Å². The number of para-hydroxylation sites is 1. The van der Waals surface area contributed by atoms with Crippen LogP contribution in [0.2, 0.25) is 0 Å². The van der Waals surface area contributed by atoms with Gasteiger partial charge in [0.2, 0.25) is 0 Å². The lowest BCUT2D eigenvalue weighted by molar-refractivity contribution is 0.0783. The third-order valence-electron chi connectivity index (χ3n) is 3.24. The first-order chi connectivity index (χ1) is 9.50. The van der Waals surface area contributed by atoms with Crippen LogP contribution in [0.25, 0.3) is 0 Å². The van der Waals surface area contributed by atoms with E-state index in [-0.39, 0.29) is 11.7 Å². The molecule has 4 heteroatoms. The number of halogens is 1. The lowest BCUT2D eigenvalue weighted by Gasteiger charge is -2.19. The lowest BCUT2D eigenvalue weighted by Crippen LogP contribution is -2.26. The molecule has 0 radical (unpaired) electrons. The molecule has 0 bridgehead atoms. The van der Waals surface area contributed by atoms with Gasteiger partial charge in [-0.1, -0.05) is 40.2 Å². The molecule has 0 saturated carbocycles. The molecule has 0 spiro atoms. The van der Waals surface area contributed by atoms with Gasteiger partial charge in [0.1, 0.15) is 5.75 Å². The average Bonchev–Trinajstić information content (AvgIpc) is 2.43. The van der Waals surface area contributed by atoms with Gasteiger partial charge in [0.25, 0.3) is 5.91 Å². The Labute approximate surface area is 127 Å². The second kappa shape index (κ2) is 6.09. The van der Waals surface area contributed by atoms with E-state index in [2.05, 4.69) is 15.9 Å². The molecule has 0 aliphatic heterocycles. The van der Waals surface area contributed by atoms with E-state index in [0.29, 0.717) is 12.1 Å². The summed E-state index contributed by atoms with van der Waals surface area (Å²) in [6, 6.07) is 12.6. The molecule has 0 heterocycles. The van der Waals surface area contributed by atoms with Crippen molar-refractivity contribution in [3.8, 4) is 5.75 Å². The topological polar surface area (TPSA) is 40.5 Å². The number of phenols is 1. The van der Waals surface area contributed by atoms with Crippen molar-refractivity contribution in [3.63, 3.8) is 0 Å². The van der Waals surface area contributed by atoms with Crippen LogP contribution in [-0.2, 0) is 6.54 Å². The lowest BCUT2D eigenvalue weighted by atomic mass is 10.1. The van der Waals surface area contributed by atoms with Crippen molar-refractivity contribution in [2.45, 2.75) is 13.5 Å². The minimum absolute atomic E-state index is 0.0629. The van der Waals surface area contributed by atoms with E-state index < -0.39 is 0 Å². The van der Waals surface area contributed by atoms with E-state index in [1.165, 1.54) is 0 Å². The van der Waals surface area contributed by atoms with Crippen LogP contribution in [0.1, 0.15) is 21.5 Å². The highest BCUT2D eigenvalue weighted by molar-refractivity contribution is 9.10. The van der Waals surface area contributed by atoms with E-state index in [0.717, 1.165) is 15.6 Å². The zero-order valence-electron chi connectivity index (χ0n) is 11.4.